The van der Waals surface area contributed by atoms with Crippen LogP contribution in [0.25, 0.3) is 0 Å². The van der Waals surface area contributed by atoms with Crippen molar-refractivity contribution >= 4 is 17.6 Å². The zero-order valence-electron chi connectivity index (χ0n) is 10.5. The van der Waals surface area contributed by atoms with Gasteiger partial charge in [0.1, 0.15) is 5.82 Å². The van der Waals surface area contributed by atoms with E-state index in [1.54, 1.807) is 6.20 Å². The number of aromatic nitrogens is 2. The van der Waals surface area contributed by atoms with Gasteiger partial charge in [0.2, 0.25) is 0 Å². The van der Waals surface area contributed by atoms with E-state index in [1.807, 2.05) is 25.0 Å². The molecule has 2 rings (SSSR count). The van der Waals surface area contributed by atoms with E-state index < -0.39 is 0 Å². The average Bonchev–Trinajstić information content (AvgIpc) is 2.40. The SMILES string of the molecule is CNc1cnc(CN2CCC(SC)CC2)cn1. The molecule has 0 bridgehead atoms. The summed E-state index contributed by atoms with van der Waals surface area (Å²) in [5, 5.41) is 3.83. The molecule has 1 aromatic rings. The summed E-state index contributed by atoms with van der Waals surface area (Å²) in [7, 11) is 1.86. The van der Waals surface area contributed by atoms with E-state index in [2.05, 4.69) is 26.4 Å². The Morgan fingerprint density at radius 2 is 2.12 bits per heavy atom. The van der Waals surface area contributed by atoms with Gasteiger partial charge >= 0.3 is 0 Å². The van der Waals surface area contributed by atoms with Gasteiger partial charge in [0.25, 0.3) is 0 Å². The number of piperidine rings is 1. The fourth-order valence-corrected chi connectivity index (χ4v) is 2.78. The lowest BCUT2D eigenvalue weighted by atomic mass is 10.1. The van der Waals surface area contributed by atoms with Gasteiger partial charge in [-0.05, 0) is 32.2 Å². The molecule has 1 aromatic heterocycles. The maximum absolute atomic E-state index is 4.41. The second-order valence-corrected chi connectivity index (χ2v) is 5.49. The normalized spacial score (nSPS) is 18.2. The molecular formula is C12H20N4S. The molecule has 0 unspecified atom stereocenters. The molecule has 2 heterocycles. The van der Waals surface area contributed by atoms with Crippen molar-refractivity contribution in [2.24, 2.45) is 0 Å². The number of hydrogen-bond donors (Lipinski definition) is 1. The summed E-state index contributed by atoms with van der Waals surface area (Å²) < 4.78 is 0. The molecule has 1 aliphatic rings. The first-order chi connectivity index (χ1) is 8.31. The zero-order valence-corrected chi connectivity index (χ0v) is 11.3. The maximum Gasteiger partial charge on any atom is 0.144 e. The Labute approximate surface area is 107 Å². The van der Waals surface area contributed by atoms with Crippen molar-refractivity contribution in [1.29, 1.82) is 0 Å². The average molecular weight is 252 g/mol. The lowest BCUT2D eigenvalue weighted by molar-refractivity contribution is 0.222. The molecule has 4 nitrogen and oxygen atoms in total. The summed E-state index contributed by atoms with van der Waals surface area (Å²) in [4.78, 5) is 11.2. The summed E-state index contributed by atoms with van der Waals surface area (Å²) in [5.74, 6) is 0.829. The Morgan fingerprint density at radius 3 is 2.65 bits per heavy atom. The predicted molar refractivity (Wildman–Crippen MR) is 73.4 cm³/mol. The van der Waals surface area contributed by atoms with Gasteiger partial charge in [0.15, 0.2) is 0 Å². The molecule has 1 aliphatic heterocycles. The number of likely N-dealkylation sites (tertiary alicyclic amines) is 1. The van der Waals surface area contributed by atoms with Crippen LogP contribution >= 0.6 is 11.8 Å². The minimum atomic E-state index is 0.829. The third-order valence-electron chi connectivity index (χ3n) is 3.21. The Bertz CT molecular complexity index is 333. The van der Waals surface area contributed by atoms with E-state index >= 15 is 0 Å². The summed E-state index contributed by atoms with van der Waals surface area (Å²) >= 11 is 2.00. The highest BCUT2D eigenvalue weighted by molar-refractivity contribution is 7.99. The van der Waals surface area contributed by atoms with Gasteiger partial charge in [-0.25, -0.2) is 4.98 Å². The van der Waals surface area contributed by atoms with Gasteiger partial charge in [-0.3, -0.25) is 9.88 Å². The van der Waals surface area contributed by atoms with Crippen LogP contribution < -0.4 is 5.32 Å². The van der Waals surface area contributed by atoms with Crippen molar-refractivity contribution in [1.82, 2.24) is 14.9 Å². The standard InChI is InChI=1S/C12H20N4S/c1-13-12-8-14-10(7-15-12)9-16-5-3-11(17-2)4-6-16/h7-8,11H,3-6,9H2,1-2H3,(H,13,15). The van der Waals surface area contributed by atoms with E-state index in [9.17, 15) is 0 Å². The fraction of sp³-hybridized carbons (Fsp3) is 0.667. The van der Waals surface area contributed by atoms with Gasteiger partial charge < -0.3 is 5.32 Å². The molecule has 5 heteroatoms. The van der Waals surface area contributed by atoms with Crippen LogP contribution in [0.15, 0.2) is 12.4 Å². The van der Waals surface area contributed by atoms with Crippen molar-refractivity contribution in [2.75, 3.05) is 31.7 Å². The monoisotopic (exact) mass is 252 g/mol. The van der Waals surface area contributed by atoms with E-state index in [1.165, 1.54) is 25.9 Å². The maximum atomic E-state index is 4.41. The topological polar surface area (TPSA) is 41.1 Å². The summed E-state index contributed by atoms with van der Waals surface area (Å²) in [6.45, 7) is 3.29. The van der Waals surface area contributed by atoms with E-state index in [0.717, 1.165) is 23.3 Å². The predicted octanol–water partition coefficient (Wildman–Crippen LogP) is 1.85. The van der Waals surface area contributed by atoms with Crippen molar-refractivity contribution in [3.63, 3.8) is 0 Å². The molecule has 0 amide bonds. The Hall–Kier alpha value is -0.810. The third-order valence-corrected chi connectivity index (χ3v) is 4.35. The Balaban J connectivity index is 1.84. The van der Waals surface area contributed by atoms with Crippen molar-refractivity contribution < 1.29 is 0 Å². The minimum absolute atomic E-state index is 0.829. The van der Waals surface area contributed by atoms with Crippen LogP contribution in [0.2, 0.25) is 0 Å². The highest BCUT2D eigenvalue weighted by Crippen LogP contribution is 2.21. The fourth-order valence-electron chi connectivity index (χ4n) is 2.10. The van der Waals surface area contributed by atoms with Gasteiger partial charge in [-0.2, -0.15) is 11.8 Å². The molecule has 0 aliphatic carbocycles. The molecular weight excluding hydrogens is 232 g/mol. The zero-order chi connectivity index (χ0) is 12.1. The van der Waals surface area contributed by atoms with Crippen LogP contribution in [0.3, 0.4) is 0 Å². The number of rotatable bonds is 4. The van der Waals surface area contributed by atoms with Gasteiger partial charge in [0.05, 0.1) is 18.1 Å². The largest absolute Gasteiger partial charge is 0.372 e. The van der Waals surface area contributed by atoms with Crippen molar-refractivity contribution in [3.8, 4) is 0 Å². The Morgan fingerprint density at radius 1 is 1.35 bits per heavy atom. The molecule has 1 fully saturated rings. The van der Waals surface area contributed by atoms with Crippen LogP contribution in [0.4, 0.5) is 5.82 Å². The van der Waals surface area contributed by atoms with Gasteiger partial charge in [-0.15, -0.1) is 0 Å². The first-order valence-electron chi connectivity index (χ1n) is 6.05. The van der Waals surface area contributed by atoms with Crippen LogP contribution in [-0.2, 0) is 6.54 Å². The van der Waals surface area contributed by atoms with E-state index in [-0.39, 0.29) is 0 Å². The second kappa shape index (κ2) is 6.21. The second-order valence-electron chi connectivity index (χ2n) is 4.35. The molecule has 17 heavy (non-hydrogen) atoms. The lowest BCUT2D eigenvalue weighted by Gasteiger charge is -2.30. The highest BCUT2D eigenvalue weighted by Gasteiger charge is 2.18. The molecule has 0 spiro atoms. The van der Waals surface area contributed by atoms with Crippen LogP contribution in [0, 0.1) is 0 Å². The van der Waals surface area contributed by atoms with Crippen LogP contribution in [0.5, 0.6) is 0 Å². The quantitative estimate of drug-likeness (QED) is 0.885. The molecule has 0 saturated carbocycles. The summed E-state index contributed by atoms with van der Waals surface area (Å²) in [5.41, 5.74) is 1.06. The number of nitrogens with zero attached hydrogens (tertiary/aromatic N) is 3. The van der Waals surface area contributed by atoms with Crippen LogP contribution in [-0.4, -0.2) is 46.5 Å². The van der Waals surface area contributed by atoms with Crippen molar-refractivity contribution in [2.45, 2.75) is 24.6 Å². The lowest BCUT2D eigenvalue weighted by Crippen LogP contribution is -2.34. The molecule has 1 N–H and O–H groups in total. The van der Waals surface area contributed by atoms with Gasteiger partial charge in [-0.1, -0.05) is 0 Å². The minimum Gasteiger partial charge on any atom is -0.372 e. The first-order valence-corrected chi connectivity index (χ1v) is 7.34. The number of nitrogens with one attached hydrogen (secondary N) is 1. The van der Waals surface area contributed by atoms with E-state index in [4.69, 9.17) is 0 Å². The first kappa shape index (κ1) is 12.6. The van der Waals surface area contributed by atoms with Crippen LogP contribution in [0.1, 0.15) is 18.5 Å². The Kier molecular flexibility index (Phi) is 4.62. The third kappa shape index (κ3) is 3.57. The molecule has 0 radical (unpaired) electrons. The smallest absolute Gasteiger partial charge is 0.144 e. The molecule has 1 saturated heterocycles. The molecule has 0 aromatic carbocycles. The molecule has 0 atom stereocenters. The van der Waals surface area contributed by atoms with E-state index in [0.29, 0.717) is 0 Å². The molecule has 94 valence electrons. The number of hydrogen-bond acceptors (Lipinski definition) is 5. The highest BCUT2D eigenvalue weighted by atomic mass is 32.2. The number of thioether (sulfide) groups is 1. The van der Waals surface area contributed by atoms with Crippen molar-refractivity contribution in [3.05, 3.63) is 18.1 Å². The van der Waals surface area contributed by atoms with Gasteiger partial charge in [0, 0.05) is 18.8 Å². The summed E-state index contributed by atoms with van der Waals surface area (Å²) in [6.07, 6.45) is 8.46. The number of anilines is 1. The summed E-state index contributed by atoms with van der Waals surface area (Å²) in [6, 6.07) is 0.